The monoisotopic (exact) mass is 257 g/mol. The molecular formula is C14H15N3O2. The van der Waals surface area contributed by atoms with Crippen molar-refractivity contribution in [3.8, 4) is 5.69 Å². The summed E-state index contributed by atoms with van der Waals surface area (Å²) in [5.74, 6) is 0.0225. The zero-order valence-electron chi connectivity index (χ0n) is 10.7. The summed E-state index contributed by atoms with van der Waals surface area (Å²) in [4.78, 5) is 13.4. The number of likely N-dealkylation sites (N-methyl/N-ethyl adjacent to an activating group) is 1. The lowest BCUT2D eigenvalue weighted by Gasteiger charge is -2.13. The number of para-hydroxylation sites is 1. The lowest BCUT2D eigenvalue weighted by Crippen LogP contribution is -2.30. The minimum atomic E-state index is -0.235. The van der Waals surface area contributed by atoms with Gasteiger partial charge in [0.15, 0.2) is 6.10 Å². The second kappa shape index (κ2) is 4.85. The van der Waals surface area contributed by atoms with Gasteiger partial charge >= 0.3 is 0 Å². The Morgan fingerprint density at radius 2 is 2.16 bits per heavy atom. The van der Waals surface area contributed by atoms with Gasteiger partial charge in [0, 0.05) is 13.2 Å². The molecule has 1 aromatic heterocycles. The van der Waals surface area contributed by atoms with Crippen LogP contribution in [0.5, 0.6) is 0 Å². The van der Waals surface area contributed by atoms with Gasteiger partial charge in [0.1, 0.15) is 0 Å². The van der Waals surface area contributed by atoms with Crippen LogP contribution in [0.4, 0.5) is 0 Å². The molecule has 3 rings (SSSR count). The van der Waals surface area contributed by atoms with E-state index in [0.29, 0.717) is 13.2 Å². The largest absolute Gasteiger partial charge is 0.363 e. The summed E-state index contributed by atoms with van der Waals surface area (Å²) in [6.07, 6.45) is 1.66. The predicted molar refractivity (Wildman–Crippen MR) is 69.8 cm³/mol. The molecule has 0 aliphatic carbocycles. The molecule has 0 bridgehead atoms. The van der Waals surface area contributed by atoms with E-state index in [2.05, 4.69) is 5.10 Å². The number of aromatic nitrogens is 2. The molecule has 0 N–H and O–H groups in total. The van der Waals surface area contributed by atoms with Gasteiger partial charge < -0.3 is 9.64 Å². The van der Waals surface area contributed by atoms with Crippen LogP contribution in [-0.2, 0) is 16.1 Å². The number of ether oxygens (including phenoxy) is 1. The first-order valence-corrected chi connectivity index (χ1v) is 6.20. The highest BCUT2D eigenvalue weighted by Crippen LogP contribution is 2.14. The van der Waals surface area contributed by atoms with Gasteiger partial charge in [0.25, 0.3) is 5.91 Å². The smallest absolute Gasteiger partial charge is 0.254 e. The number of epoxide rings is 1. The molecule has 0 spiro atoms. The molecule has 1 amide bonds. The minimum absolute atomic E-state index is 0.0225. The third-order valence-corrected chi connectivity index (χ3v) is 3.05. The Bertz CT molecular complexity index is 575. The van der Waals surface area contributed by atoms with E-state index >= 15 is 0 Å². The van der Waals surface area contributed by atoms with Crippen molar-refractivity contribution in [1.82, 2.24) is 14.7 Å². The molecule has 1 aliphatic rings. The average molecular weight is 257 g/mol. The molecule has 0 radical (unpaired) electrons. The molecule has 19 heavy (non-hydrogen) atoms. The molecule has 1 aliphatic heterocycles. The number of hydrogen-bond donors (Lipinski definition) is 0. The van der Waals surface area contributed by atoms with Gasteiger partial charge in [-0.1, -0.05) is 18.2 Å². The van der Waals surface area contributed by atoms with Crippen molar-refractivity contribution in [1.29, 1.82) is 0 Å². The van der Waals surface area contributed by atoms with Crippen LogP contribution in [0.3, 0.4) is 0 Å². The van der Waals surface area contributed by atoms with E-state index in [4.69, 9.17) is 4.74 Å². The van der Waals surface area contributed by atoms with Crippen molar-refractivity contribution < 1.29 is 9.53 Å². The van der Waals surface area contributed by atoms with E-state index in [-0.39, 0.29) is 12.0 Å². The normalized spacial score (nSPS) is 17.2. The van der Waals surface area contributed by atoms with Crippen LogP contribution in [0, 0.1) is 0 Å². The van der Waals surface area contributed by atoms with Gasteiger partial charge in [-0.25, -0.2) is 4.68 Å². The zero-order valence-corrected chi connectivity index (χ0v) is 10.7. The molecule has 2 heterocycles. The molecule has 1 saturated heterocycles. The van der Waals surface area contributed by atoms with Crippen LogP contribution < -0.4 is 0 Å². The fourth-order valence-electron chi connectivity index (χ4n) is 1.93. The highest BCUT2D eigenvalue weighted by atomic mass is 16.6. The number of carbonyl (C=O) groups excluding carboxylic acids is 1. The van der Waals surface area contributed by atoms with Crippen LogP contribution in [0.25, 0.3) is 5.69 Å². The van der Waals surface area contributed by atoms with E-state index in [0.717, 1.165) is 11.4 Å². The lowest BCUT2D eigenvalue weighted by atomic mass is 10.3. The molecule has 1 atom stereocenters. The van der Waals surface area contributed by atoms with E-state index < -0.39 is 0 Å². The minimum Gasteiger partial charge on any atom is -0.363 e. The van der Waals surface area contributed by atoms with Crippen LogP contribution in [0.1, 0.15) is 5.69 Å². The average Bonchev–Trinajstić information content (AvgIpc) is 3.19. The maximum atomic E-state index is 11.8. The van der Waals surface area contributed by atoms with Gasteiger partial charge in [0.2, 0.25) is 0 Å². The number of carbonyl (C=O) groups is 1. The summed E-state index contributed by atoms with van der Waals surface area (Å²) in [5.41, 5.74) is 1.87. The zero-order chi connectivity index (χ0) is 13.2. The summed E-state index contributed by atoms with van der Waals surface area (Å²) in [5, 5.41) is 4.46. The summed E-state index contributed by atoms with van der Waals surface area (Å²) in [6, 6.07) is 11.8. The van der Waals surface area contributed by atoms with Gasteiger partial charge in [-0.3, -0.25) is 4.79 Å². The number of hydrogen-bond acceptors (Lipinski definition) is 3. The predicted octanol–water partition coefficient (Wildman–Crippen LogP) is 1.23. The molecule has 1 unspecified atom stereocenters. The SMILES string of the molecule is CN(Cc1ccn(-c2ccccc2)n1)C(=O)C1CO1. The van der Waals surface area contributed by atoms with Crippen molar-refractivity contribution in [2.75, 3.05) is 13.7 Å². The Morgan fingerprint density at radius 1 is 1.42 bits per heavy atom. The molecule has 0 saturated carbocycles. The molecule has 1 fully saturated rings. The van der Waals surface area contributed by atoms with E-state index in [1.165, 1.54) is 0 Å². The van der Waals surface area contributed by atoms with Gasteiger partial charge in [0.05, 0.1) is 24.5 Å². The summed E-state index contributed by atoms with van der Waals surface area (Å²) >= 11 is 0. The van der Waals surface area contributed by atoms with E-state index in [1.54, 1.807) is 16.6 Å². The summed E-state index contributed by atoms with van der Waals surface area (Å²) < 4.78 is 6.79. The van der Waals surface area contributed by atoms with Crippen molar-refractivity contribution in [2.45, 2.75) is 12.6 Å². The Labute approximate surface area is 111 Å². The second-order valence-corrected chi connectivity index (χ2v) is 4.60. The number of rotatable bonds is 4. The van der Waals surface area contributed by atoms with Crippen molar-refractivity contribution >= 4 is 5.91 Å². The topological polar surface area (TPSA) is 50.7 Å². The molecule has 5 heteroatoms. The maximum Gasteiger partial charge on any atom is 0.254 e. The number of benzene rings is 1. The standard InChI is InChI=1S/C14H15N3O2/c1-16(14(18)13-10-19-13)9-11-7-8-17(15-11)12-5-3-2-4-6-12/h2-8,13H,9-10H2,1H3. The molecule has 5 nitrogen and oxygen atoms in total. The highest BCUT2D eigenvalue weighted by molar-refractivity contribution is 5.82. The first-order valence-electron chi connectivity index (χ1n) is 6.20. The fraction of sp³-hybridized carbons (Fsp3) is 0.286. The van der Waals surface area contributed by atoms with Gasteiger partial charge in [-0.15, -0.1) is 0 Å². The van der Waals surface area contributed by atoms with Crippen LogP contribution in [0.15, 0.2) is 42.6 Å². The second-order valence-electron chi connectivity index (χ2n) is 4.60. The van der Waals surface area contributed by atoms with Crippen molar-refractivity contribution in [2.24, 2.45) is 0 Å². The molecule has 2 aromatic rings. The number of amides is 1. The third kappa shape index (κ3) is 2.66. The van der Waals surface area contributed by atoms with Crippen LogP contribution >= 0.6 is 0 Å². The fourth-order valence-corrected chi connectivity index (χ4v) is 1.93. The summed E-state index contributed by atoms with van der Waals surface area (Å²) in [6.45, 7) is 1.04. The van der Waals surface area contributed by atoms with Crippen molar-refractivity contribution in [3.05, 3.63) is 48.3 Å². The number of nitrogens with zero attached hydrogens (tertiary/aromatic N) is 3. The molecular weight excluding hydrogens is 242 g/mol. The molecule has 98 valence electrons. The Balaban J connectivity index is 1.69. The first-order chi connectivity index (χ1) is 9.24. The highest BCUT2D eigenvalue weighted by Gasteiger charge is 2.33. The summed E-state index contributed by atoms with van der Waals surface area (Å²) in [7, 11) is 1.77. The van der Waals surface area contributed by atoms with E-state index in [1.807, 2.05) is 42.6 Å². The van der Waals surface area contributed by atoms with Crippen molar-refractivity contribution in [3.63, 3.8) is 0 Å². The van der Waals surface area contributed by atoms with Crippen LogP contribution in [0.2, 0.25) is 0 Å². The Hall–Kier alpha value is -2.14. The third-order valence-electron chi connectivity index (χ3n) is 3.05. The Morgan fingerprint density at radius 3 is 2.84 bits per heavy atom. The maximum absolute atomic E-state index is 11.8. The lowest BCUT2D eigenvalue weighted by molar-refractivity contribution is -0.131. The van der Waals surface area contributed by atoms with E-state index in [9.17, 15) is 4.79 Å². The van der Waals surface area contributed by atoms with Gasteiger partial charge in [-0.2, -0.15) is 5.10 Å². The quantitative estimate of drug-likeness (QED) is 0.774. The Kier molecular flexibility index (Phi) is 3.05. The van der Waals surface area contributed by atoms with Crippen LogP contribution in [-0.4, -0.2) is 40.3 Å². The molecule has 1 aromatic carbocycles. The first kappa shape index (κ1) is 11.9. The van der Waals surface area contributed by atoms with Gasteiger partial charge in [-0.05, 0) is 18.2 Å².